The zero-order chi connectivity index (χ0) is 11.4. The Morgan fingerprint density at radius 2 is 1.00 bits per heavy atom. The zero-order valence-electron chi connectivity index (χ0n) is 7.05. The predicted molar refractivity (Wildman–Crippen MR) is 40.3 cm³/mol. The molecule has 7 heteroatoms. The van der Waals surface area contributed by atoms with Gasteiger partial charge in [-0.05, 0) is 0 Å². The van der Waals surface area contributed by atoms with Crippen LogP contribution in [-0.2, 0) is 19.2 Å². The molecular weight excluding hydrogens is 184 g/mol. The van der Waals surface area contributed by atoms with Crippen molar-refractivity contribution >= 4 is 24.2 Å². The molecule has 0 fully saturated rings. The summed E-state index contributed by atoms with van der Waals surface area (Å²) in [4.78, 5) is 35.9. The summed E-state index contributed by atoms with van der Waals surface area (Å²) in [6.45, 7) is 2.17. The van der Waals surface area contributed by atoms with Gasteiger partial charge in [-0.15, -0.1) is 0 Å². The van der Waals surface area contributed by atoms with E-state index < -0.39 is 17.9 Å². The minimum absolute atomic E-state index is 0.167. The lowest BCUT2D eigenvalue weighted by Crippen LogP contribution is -1.91. The van der Waals surface area contributed by atoms with Gasteiger partial charge >= 0.3 is 5.97 Å². The first kappa shape index (κ1) is 17.2. The first-order valence-corrected chi connectivity index (χ1v) is 2.81. The summed E-state index contributed by atoms with van der Waals surface area (Å²) in [7, 11) is 0. The SMILES string of the molecule is CC(=O)O.CC(=O)O.O=CC(=O)O. The molecule has 13 heavy (non-hydrogen) atoms. The highest BCUT2D eigenvalue weighted by molar-refractivity contribution is 6.19. The van der Waals surface area contributed by atoms with E-state index in [1.54, 1.807) is 0 Å². The van der Waals surface area contributed by atoms with Crippen LogP contribution in [0, 0.1) is 0 Å². The van der Waals surface area contributed by atoms with Gasteiger partial charge in [0, 0.05) is 13.8 Å². The van der Waals surface area contributed by atoms with Gasteiger partial charge < -0.3 is 15.3 Å². The molecule has 0 amide bonds. The van der Waals surface area contributed by atoms with E-state index in [9.17, 15) is 0 Å². The predicted octanol–water partition coefficient (Wildman–Crippen LogP) is -0.548. The van der Waals surface area contributed by atoms with Crippen molar-refractivity contribution in [2.45, 2.75) is 13.8 Å². The minimum Gasteiger partial charge on any atom is -0.481 e. The number of hydrogen-bond donors (Lipinski definition) is 3. The smallest absolute Gasteiger partial charge is 0.368 e. The van der Waals surface area contributed by atoms with Crippen LogP contribution in [-0.4, -0.2) is 39.5 Å². The number of aldehydes is 1. The van der Waals surface area contributed by atoms with Crippen LogP contribution in [0.2, 0.25) is 0 Å². The Balaban J connectivity index is -0.000000117. The molecule has 0 radical (unpaired) electrons. The maximum absolute atomic E-state index is 9.00. The molecule has 0 aromatic heterocycles. The Morgan fingerprint density at radius 1 is 0.923 bits per heavy atom. The summed E-state index contributed by atoms with van der Waals surface area (Å²) < 4.78 is 0. The maximum Gasteiger partial charge on any atom is 0.368 e. The summed E-state index contributed by atoms with van der Waals surface area (Å²) in [5, 5.41) is 22.2. The van der Waals surface area contributed by atoms with E-state index in [2.05, 4.69) is 0 Å². The van der Waals surface area contributed by atoms with E-state index in [4.69, 9.17) is 34.5 Å². The average Bonchev–Trinajstić information content (AvgIpc) is 1.84. The first-order valence-electron chi connectivity index (χ1n) is 2.81. The topological polar surface area (TPSA) is 129 Å². The molecule has 0 aliphatic heterocycles. The van der Waals surface area contributed by atoms with Crippen LogP contribution in [0.1, 0.15) is 13.8 Å². The van der Waals surface area contributed by atoms with Crippen molar-refractivity contribution in [1.82, 2.24) is 0 Å². The Hall–Kier alpha value is -1.92. The molecule has 0 saturated carbocycles. The molecule has 0 aliphatic carbocycles. The number of carboxylic acid groups (broad SMARTS) is 3. The number of carbonyl (C=O) groups excluding carboxylic acids is 1. The number of rotatable bonds is 1. The number of carboxylic acids is 3. The van der Waals surface area contributed by atoms with Gasteiger partial charge in [-0.25, -0.2) is 4.79 Å². The number of hydrogen-bond acceptors (Lipinski definition) is 4. The van der Waals surface area contributed by atoms with Crippen LogP contribution >= 0.6 is 0 Å². The van der Waals surface area contributed by atoms with Crippen molar-refractivity contribution in [2.24, 2.45) is 0 Å². The summed E-state index contributed by atoms with van der Waals surface area (Å²) in [6, 6.07) is 0. The van der Waals surface area contributed by atoms with E-state index in [-0.39, 0.29) is 6.29 Å². The molecule has 0 rings (SSSR count). The summed E-state index contributed by atoms with van der Waals surface area (Å²) in [5.74, 6) is -3.09. The van der Waals surface area contributed by atoms with Crippen molar-refractivity contribution in [2.75, 3.05) is 0 Å². The molecule has 0 atom stereocenters. The summed E-state index contributed by atoms with van der Waals surface area (Å²) in [5.41, 5.74) is 0. The van der Waals surface area contributed by atoms with Gasteiger partial charge in [-0.1, -0.05) is 0 Å². The highest BCUT2D eigenvalue weighted by Crippen LogP contribution is 1.42. The van der Waals surface area contributed by atoms with Crippen molar-refractivity contribution in [3.63, 3.8) is 0 Å². The van der Waals surface area contributed by atoms with Gasteiger partial charge in [-0.3, -0.25) is 14.4 Å². The van der Waals surface area contributed by atoms with Gasteiger partial charge in [0.05, 0.1) is 0 Å². The van der Waals surface area contributed by atoms with E-state index in [0.717, 1.165) is 13.8 Å². The van der Waals surface area contributed by atoms with E-state index in [1.165, 1.54) is 0 Å². The molecule has 0 heterocycles. The molecule has 0 aliphatic rings. The average molecular weight is 194 g/mol. The van der Waals surface area contributed by atoms with Crippen LogP contribution in [0.4, 0.5) is 0 Å². The van der Waals surface area contributed by atoms with Gasteiger partial charge in [0.15, 0.2) is 0 Å². The standard InChI is InChI=1S/C2H2O3.2C2H4O2/c3-1-2(4)5;2*1-2(3)4/h1H,(H,4,5);2*1H3,(H,3,4). The second kappa shape index (κ2) is 12.7. The maximum atomic E-state index is 9.00. The van der Waals surface area contributed by atoms with Crippen LogP contribution in [0.5, 0.6) is 0 Å². The van der Waals surface area contributed by atoms with Crippen molar-refractivity contribution in [3.8, 4) is 0 Å². The Labute approximate surface area is 73.6 Å². The third kappa shape index (κ3) is 103000. The third-order valence-electron chi connectivity index (χ3n) is 0.101. The van der Waals surface area contributed by atoms with Gasteiger partial charge in [-0.2, -0.15) is 0 Å². The normalized spacial score (nSPS) is 6.31. The third-order valence-corrected chi connectivity index (χ3v) is 0.101. The summed E-state index contributed by atoms with van der Waals surface area (Å²) in [6.07, 6.45) is -0.167. The van der Waals surface area contributed by atoms with Crippen LogP contribution < -0.4 is 0 Å². The highest BCUT2D eigenvalue weighted by Gasteiger charge is 1.80. The summed E-state index contributed by atoms with van der Waals surface area (Å²) >= 11 is 0. The lowest BCUT2D eigenvalue weighted by atomic mass is 10.8. The minimum atomic E-state index is -1.43. The Bertz CT molecular complexity index is 163. The molecule has 3 N–H and O–H groups in total. The van der Waals surface area contributed by atoms with Gasteiger partial charge in [0.25, 0.3) is 11.9 Å². The molecule has 0 unspecified atom stereocenters. The fraction of sp³-hybridized carbons (Fsp3) is 0.333. The van der Waals surface area contributed by atoms with Crippen LogP contribution in [0.3, 0.4) is 0 Å². The second-order valence-electron chi connectivity index (χ2n) is 1.49. The van der Waals surface area contributed by atoms with Gasteiger partial charge in [0.2, 0.25) is 6.29 Å². The van der Waals surface area contributed by atoms with E-state index in [0.29, 0.717) is 0 Å². The lowest BCUT2D eigenvalue weighted by molar-refractivity contribution is -0.143. The molecule has 0 bridgehead atoms. The lowest BCUT2D eigenvalue weighted by Gasteiger charge is -1.59. The molecule has 0 spiro atoms. The molecule has 0 saturated heterocycles. The van der Waals surface area contributed by atoms with Crippen molar-refractivity contribution in [3.05, 3.63) is 0 Å². The van der Waals surface area contributed by atoms with Crippen LogP contribution in [0.25, 0.3) is 0 Å². The van der Waals surface area contributed by atoms with Crippen LogP contribution in [0.15, 0.2) is 0 Å². The first-order chi connectivity index (χ1) is 5.73. The highest BCUT2D eigenvalue weighted by atomic mass is 16.4. The van der Waals surface area contributed by atoms with Gasteiger partial charge in [0.1, 0.15) is 0 Å². The second-order valence-corrected chi connectivity index (χ2v) is 1.49. The molecular formula is C6H10O7. The van der Waals surface area contributed by atoms with E-state index in [1.807, 2.05) is 0 Å². The largest absolute Gasteiger partial charge is 0.481 e. The number of aliphatic carboxylic acids is 3. The fourth-order valence-corrected chi connectivity index (χ4v) is 0. The monoisotopic (exact) mass is 194 g/mol. The Morgan fingerprint density at radius 3 is 1.00 bits per heavy atom. The fourth-order valence-electron chi connectivity index (χ4n) is 0. The molecule has 7 nitrogen and oxygen atoms in total. The molecule has 76 valence electrons. The van der Waals surface area contributed by atoms with Crippen molar-refractivity contribution < 1.29 is 34.5 Å². The molecule has 0 aromatic carbocycles. The number of carbonyl (C=O) groups is 4. The molecule has 0 aromatic rings. The van der Waals surface area contributed by atoms with Crippen molar-refractivity contribution in [1.29, 1.82) is 0 Å². The zero-order valence-corrected chi connectivity index (χ0v) is 7.05. The Kier molecular flexibility index (Phi) is 16.9. The van der Waals surface area contributed by atoms with E-state index >= 15 is 0 Å². The quantitative estimate of drug-likeness (QED) is 0.377.